The number of carboxylic acid groups (broad SMARTS) is 1. The molecule has 1 saturated heterocycles. The van der Waals surface area contributed by atoms with E-state index in [-0.39, 0.29) is 11.1 Å². The first kappa shape index (κ1) is 15.2. The Labute approximate surface area is 124 Å². The summed E-state index contributed by atoms with van der Waals surface area (Å²) in [5.74, 6) is -0.558. The molecule has 112 valence electrons. The SMILES string of the molecule is COc1cc(OCC(=O)O)ccc1CC1SC(=O)NC1=O. The number of ether oxygens (including phenoxy) is 2. The number of carbonyl (C=O) groups excluding carboxylic acids is 2. The summed E-state index contributed by atoms with van der Waals surface area (Å²) in [6.45, 7) is -0.447. The Bertz CT molecular complexity index is 588. The Balaban J connectivity index is 2.11. The average Bonchev–Trinajstić information content (AvgIpc) is 2.75. The molecular formula is C13H13NO6S. The molecule has 1 heterocycles. The zero-order valence-corrected chi connectivity index (χ0v) is 11.9. The molecule has 1 aromatic rings. The number of rotatable bonds is 6. The van der Waals surface area contributed by atoms with E-state index in [2.05, 4.69) is 5.32 Å². The smallest absolute Gasteiger partial charge is 0.341 e. The lowest BCUT2D eigenvalue weighted by atomic mass is 10.1. The molecule has 1 atom stereocenters. The molecule has 0 radical (unpaired) electrons. The van der Waals surface area contributed by atoms with E-state index in [1.807, 2.05) is 0 Å². The van der Waals surface area contributed by atoms with Gasteiger partial charge in [-0.15, -0.1) is 0 Å². The molecule has 0 bridgehead atoms. The largest absolute Gasteiger partial charge is 0.496 e. The van der Waals surface area contributed by atoms with E-state index >= 15 is 0 Å². The molecular weight excluding hydrogens is 298 g/mol. The Kier molecular flexibility index (Phi) is 4.69. The fourth-order valence-electron chi connectivity index (χ4n) is 1.86. The number of imide groups is 1. The third-order valence-electron chi connectivity index (χ3n) is 2.79. The number of aliphatic carboxylic acids is 1. The monoisotopic (exact) mass is 311 g/mol. The Morgan fingerprint density at radius 1 is 1.43 bits per heavy atom. The molecule has 1 aliphatic heterocycles. The Morgan fingerprint density at radius 3 is 2.76 bits per heavy atom. The summed E-state index contributed by atoms with van der Waals surface area (Å²) in [7, 11) is 1.47. The van der Waals surface area contributed by atoms with Gasteiger partial charge in [0.2, 0.25) is 5.91 Å². The highest BCUT2D eigenvalue weighted by atomic mass is 32.2. The molecule has 2 rings (SSSR count). The van der Waals surface area contributed by atoms with Crippen molar-refractivity contribution < 1.29 is 29.0 Å². The number of hydrogen-bond acceptors (Lipinski definition) is 6. The van der Waals surface area contributed by atoms with Gasteiger partial charge in [0, 0.05) is 6.07 Å². The highest BCUT2D eigenvalue weighted by molar-refractivity contribution is 8.15. The first-order valence-electron chi connectivity index (χ1n) is 6.02. The van der Waals surface area contributed by atoms with Crippen LogP contribution in [-0.4, -0.2) is 41.2 Å². The topological polar surface area (TPSA) is 102 Å². The van der Waals surface area contributed by atoms with Gasteiger partial charge in [-0.2, -0.15) is 0 Å². The second-order valence-corrected chi connectivity index (χ2v) is 5.42. The lowest BCUT2D eigenvalue weighted by Gasteiger charge is -2.12. The predicted molar refractivity (Wildman–Crippen MR) is 74.7 cm³/mol. The van der Waals surface area contributed by atoms with Crippen molar-refractivity contribution in [3.8, 4) is 11.5 Å². The number of carbonyl (C=O) groups is 3. The van der Waals surface area contributed by atoms with Crippen molar-refractivity contribution in [1.82, 2.24) is 5.32 Å². The molecule has 1 unspecified atom stereocenters. The number of nitrogens with one attached hydrogen (secondary N) is 1. The van der Waals surface area contributed by atoms with Crippen LogP contribution in [0.3, 0.4) is 0 Å². The van der Waals surface area contributed by atoms with Gasteiger partial charge in [0.25, 0.3) is 5.24 Å². The summed E-state index contributed by atoms with van der Waals surface area (Å²) in [6.07, 6.45) is 0.338. The maximum absolute atomic E-state index is 11.5. The highest BCUT2D eigenvalue weighted by Gasteiger charge is 2.32. The van der Waals surface area contributed by atoms with E-state index in [4.69, 9.17) is 14.6 Å². The maximum atomic E-state index is 11.5. The van der Waals surface area contributed by atoms with E-state index in [1.54, 1.807) is 18.2 Å². The molecule has 7 nitrogen and oxygen atoms in total. The lowest BCUT2D eigenvalue weighted by Crippen LogP contribution is -2.25. The van der Waals surface area contributed by atoms with Crippen molar-refractivity contribution in [3.05, 3.63) is 23.8 Å². The third-order valence-corrected chi connectivity index (χ3v) is 3.77. The minimum Gasteiger partial charge on any atom is -0.496 e. The molecule has 0 spiro atoms. The molecule has 2 amide bonds. The van der Waals surface area contributed by atoms with Crippen molar-refractivity contribution in [3.63, 3.8) is 0 Å². The molecule has 1 aromatic carbocycles. The zero-order valence-electron chi connectivity index (χ0n) is 11.1. The van der Waals surface area contributed by atoms with Crippen molar-refractivity contribution in [2.24, 2.45) is 0 Å². The predicted octanol–water partition coefficient (Wildman–Crippen LogP) is 1.05. The van der Waals surface area contributed by atoms with Crippen LogP contribution in [0.25, 0.3) is 0 Å². The van der Waals surface area contributed by atoms with Crippen molar-refractivity contribution in [2.45, 2.75) is 11.7 Å². The molecule has 1 fully saturated rings. The van der Waals surface area contributed by atoms with Crippen LogP contribution >= 0.6 is 11.8 Å². The van der Waals surface area contributed by atoms with Crippen LogP contribution in [0.1, 0.15) is 5.56 Å². The molecule has 0 aliphatic carbocycles. The standard InChI is InChI=1S/C13H13NO6S/c1-19-9-5-8(20-6-11(15)16)3-2-7(9)4-10-12(17)14-13(18)21-10/h2-3,5,10H,4,6H2,1H3,(H,15,16)(H,14,17,18). The third kappa shape index (κ3) is 3.88. The van der Waals surface area contributed by atoms with Gasteiger partial charge >= 0.3 is 5.97 Å². The minimum absolute atomic E-state index is 0.321. The molecule has 8 heteroatoms. The number of thioether (sulfide) groups is 1. The summed E-state index contributed by atoms with van der Waals surface area (Å²) in [5, 5.41) is 9.94. The van der Waals surface area contributed by atoms with Crippen LogP contribution in [0.4, 0.5) is 4.79 Å². The van der Waals surface area contributed by atoms with Crippen molar-refractivity contribution >= 4 is 28.9 Å². The van der Waals surface area contributed by atoms with Gasteiger partial charge in [-0.1, -0.05) is 17.8 Å². The maximum Gasteiger partial charge on any atom is 0.341 e. The Morgan fingerprint density at radius 2 is 2.19 bits per heavy atom. The van der Waals surface area contributed by atoms with Crippen LogP contribution in [0, 0.1) is 0 Å². The molecule has 0 saturated carbocycles. The number of methoxy groups -OCH3 is 1. The van der Waals surface area contributed by atoms with Crippen molar-refractivity contribution in [1.29, 1.82) is 0 Å². The van der Waals surface area contributed by atoms with Crippen LogP contribution in [-0.2, 0) is 16.0 Å². The number of benzene rings is 1. The van der Waals surface area contributed by atoms with E-state index in [9.17, 15) is 14.4 Å². The lowest BCUT2D eigenvalue weighted by molar-refractivity contribution is -0.139. The second kappa shape index (κ2) is 6.49. The fraction of sp³-hybridized carbons (Fsp3) is 0.308. The van der Waals surface area contributed by atoms with Crippen LogP contribution in [0.5, 0.6) is 11.5 Å². The first-order chi connectivity index (χ1) is 9.99. The van der Waals surface area contributed by atoms with Crippen LogP contribution in [0.2, 0.25) is 0 Å². The zero-order chi connectivity index (χ0) is 15.4. The van der Waals surface area contributed by atoms with Gasteiger partial charge in [0.15, 0.2) is 6.61 Å². The minimum atomic E-state index is -1.07. The number of hydrogen-bond donors (Lipinski definition) is 2. The summed E-state index contributed by atoms with van der Waals surface area (Å²) in [5.41, 5.74) is 0.738. The quantitative estimate of drug-likeness (QED) is 0.809. The van der Waals surface area contributed by atoms with E-state index in [0.29, 0.717) is 17.9 Å². The van der Waals surface area contributed by atoms with Gasteiger partial charge in [-0.05, 0) is 18.1 Å². The molecule has 1 aliphatic rings. The van der Waals surface area contributed by atoms with Crippen LogP contribution in [0.15, 0.2) is 18.2 Å². The van der Waals surface area contributed by atoms with Gasteiger partial charge in [0.05, 0.1) is 12.4 Å². The number of carboxylic acids is 1. The normalized spacial score (nSPS) is 17.5. The van der Waals surface area contributed by atoms with Gasteiger partial charge in [-0.25, -0.2) is 4.79 Å². The van der Waals surface area contributed by atoms with Gasteiger partial charge < -0.3 is 14.6 Å². The summed E-state index contributed by atoms with van der Waals surface area (Å²) < 4.78 is 10.3. The summed E-state index contributed by atoms with van der Waals surface area (Å²) in [4.78, 5) is 33.1. The number of amides is 2. The fourth-order valence-corrected chi connectivity index (χ4v) is 2.70. The van der Waals surface area contributed by atoms with Crippen molar-refractivity contribution in [2.75, 3.05) is 13.7 Å². The Hall–Kier alpha value is -2.22. The van der Waals surface area contributed by atoms with E-state index in [0.717, 1.165) is 17.3 Å². The van der Waals surface area contributed by atoms with Crippen LogP contribution < -0.4 is 14.8 Å². The van der Waals surface area contributed by atoms with Gasteiger partial charge in [-0.3, -0.25) is 14.9 Å². The van der Waals surface area contributed by atoms with E-state index < -0.39 is 17.8 Å². The second-order valence-electron chi connectivity index (χ2n) is 4.24. The molecule has 0 aromatic heterocycles. The molecule has 2 N–H and O–H groups in total. The van der Waals surface area contributed by atoms with Gasteiger partial charge in [0.1, 0.15) is 11.5 Å². The first-order valence-corrected chi connectivity index (χ1v) is 6.90. The highest BCUT2D eigenvalue weighted by Crippen LogP contribution is 2.30. The molecule has 21 heavy (non-hydrogen) atoms. The summed E-state index contributed by atoms with van der Waals surface area (Å²) in [6, 6.07) is 4.84. The summed E-state index contributed by atoms with van der Waals surface area (Å²) >= 11 is 0.942. The average molecular weight is 311 g/mol. The van der Waals surface area contributed by atoms with E-state index in [1.165, 1.54) is 7.11 Å².